The van der Waals surface area contributed by atoms with Crippen molar-refractivity contribution < 1.29 is 9.59 Å². The van der Waals surface area contributed by atoms with E-state index >= 15 is 0 Å². The number of amides is 2. The lowest BCUT2D eigenvalue weighted by Gasteiger charge is -2.23. The maximum Gasteiger partial charge on any atom is 0.257 e. The van der Waals surface area contributed by atoms with Crippen molar-refractivity contribution in [1.82, 2.24) is 15.2 Å². The Kier molecular flexibility index (Phi) is 3.77. The van der Waals surface area contributed by atoms with E-state index in [-0.39, 0.29) is 17.9 Å². The Morgan fingerprint density at radius 3 is 3.00 bits per heavy atom. The maximum absolute atomic E-state index is 12.9. The van der Waals surface area contributed by atoms with Crippen molar-refractivity contribution in [2.24, 2.45) is 5.92 Å². The number of aromatic nitrogens is 1. The summed E-state index contributed by atoms with van der Waals surface area (Å²) in [5.41, 5.74) is 1.47. The second kappa shape index (κ2) is 5.92. The highest BCUT2D eigenvalue weighted by Gasteiger charge is 2.36. The summed E-state index contributed by atoms with van der Waals surface area (Å²) in [4.78, 5) is 30.2. The first-order valence-electron chi connectivity index (χ1n) is 7.96. The van der Waals surface area contributed by atoms with Crippen LogP contribution >= 0.6 is 11.8 Å². The highest BCUT2D eigenvalue weighted by atomic mass is 32.2. The molecule has 1 aliphatic carbocycles. The van der Waals surface area contributed by atoms with E-state index in [2.05, 4.69) is 10.3 Å². The molecule has 2 N–H and O–H groups in total. The number of thioether (sulfide) groups is 1. The summed E-state index contributed by atoms with van der Waals surface area (Å²) >= 11 is 1.63. The molecular weight excluding hydrogens is 310 g/mol. The number of rotatable bonds is 4. The third-order valence-electron chi connectivity index (χ3n) is 4.53. The Balaban J connectivity index is 1.54. The third kappa shape index (κ3) is 2.83. The first-order valence-corrected chi connectivity index (χ1v) is 9.12. The van der Waals surface area contributed by atoms with Gasteiger partial charge in [0.15, 0.2) is 0 Å². The Hall–Kier alpha value is -1.95. The van der Waals surface area contributed by atoms with E-state index in [0.29, 0.717) is 23.1 Å². The molecule has 120 valence electrons. The first kappa shape index (κ1) is 14.6. The van der Waals surface area contributed by atoms with Gasteiger partial charge in [0, 0.05) is 23.9 Å². The zero-order chi connectivity index (χ0) is 15.8. The van der Waals surface area contributed by atoms with Crippen LogP contribution in [-0.2, 0) is 4.79 Å². The SMILES string of the molecule is O=C(NCC1CC1)[C@H]1CSCN1C(=O)c1cccc2cc[nH]c12. The molecule has 6 heteroatoms. The van der Waals surface area contributed by atoms with Gasteiger partial charge < -0.3 is 15.2 Å². The second-order valence-corrected chi connectivity index (χ2v) is 7.23. The molecule has 2 heterocycles. The molecule has 23 heavy (non-hydrogen) atoms. The van der Waals surface area contributed by atoms with E-state index < -0.39 is 0 Å². The Morgan fingerprint density at radius 2 is 2.17 bits per heavy atom. The van der Waals surface area contributed by atoms with Crippen LogP contribution in [0.4, 0.5) is 0 Å². The molecule has 1 saturated carbocycles. The minimum atomic E-state index is -0.364. The highest BCUT2D eigenvalue weighted by molar-refractivity contribution is 7.99. The largest absolute Gasteiger partial charge is 0.361 e. The normalized spacial score (nSPS) is 20.9. The summed E-state index contributed by atoms with van der Waals surface area (Å²) in [5.74, 6) is 1.79. The van der Waals surface area contributed by atoms with E-state index in [4.69, 9.17) is 0 Å². The Bertz CT molecular complexity index is 753. The Morgan fingerprint density at radius 1 is 1.30 bits per heavy atom. The Labute approximate surface area is 138 Å². The third-order valence-corrected chi connectivity index (χ3v) is 5.54. The van der Waals surface area contributed by atoms with Crippen LogP contribution in [0.15, 0.2) is 30.5 Å². The average molecular weight is 329 g/mol. The lowest BCUT2D eigenvalue weighted by atomic mass is 10.1. The number of carbonyl (C=O) groups excluding carboxylic acids is 2. The molecule has 4 rings (SSSR count). The van der Waals surface area contributed by atoms with Crippen LogP contribution in [0.25, 0.3) is 10.9 Å². The molecule has 5 nitrogen and oxygen atoms in total. The van der Waals surface area contributed by atoms with Crippen molar-refractivity contribution in [1.29, 1.82) is 0 Å². The van der Waals surface area contributed by atoms with Gasteiger partial charge in [-0.15, -0.1) is 11.8 Å². The first-order chi connectivity index (χ1) is 11.2. The molecule has 0 spiro atoms. The van der Waals surface area contributed by atoms with Gasteiger partial charge in [-0.05, 0) is 30.9 Å². The predicted octanol–water partition coefficient (Wildman–Crippen LogP) is 2.21. The second-order valence-electron chi connectivity index (χ2n) is 6.23. The fourth-order valence-electron chi connectivity index (χ4n) is 2.96. The number of hydrogen-bond donors (Lipinski definition) is 2. The maximum atomic E-state index is 12.9. The summed E-state index contributed by atoms with van der Waals surface area (Å²) in [7, 11) is 0. The molecule has 1 aliphatic heterocycles. The van der Waals surface area contributed by atoms with E-state index in [0.717, 1.165) is 17.4 Å². The van der Waals surface area contributed by atoms with Crippen LogP contribution in [-0.4, -0.2) is 45.9 Å². The van der Waals surface area contributed by atoms with Gasteiger partial charge in [-0.25, -0.2) is 0 Å². The lowest BCUT2D eigenvalue weighted by Crippen LogP contribution is -2.47. The van der Waals surface area contributed by atoms with Gasteiger partial charge in [0.1, 0.15) is 6.04 Å². The summed E-state index contributed by atoms with van der Waals surface area (Å²) in [6.45, 7) is 0.744. The number of H-pyrrole nitrogens is 1. The molecular formula is C17H19N3O2S. The number of fused-ring (bicyclic) bond motifs is 1. The summed E-state index contributed by atoms with van der Waals surface area (Å²) in [5, 5.41) is 4.01. The van der Waals surface area contributed by atoms with Crippen molar-refractivity contribution in [3.63, 3.8) is 0 Å². The quantitative estimate of drug-likeness (QED) is 0.904. The molecule has 1 atom stereocenters. The highest BCUT2D eigenvalue weighted by Crippen LogP contribution is 2.29. The van der Waals surface area contributed by atoms with Crippen LogP contribution in [0.3, 0.4) is 0 Å². The monoisotopic (exact) mass is 329 g/mol. The van der Waals surface area contributed by atoms with Crippen LogP contribution < -0.4 is 5.32 Å². The molecule has 0 radical (unpaired) electrons. The van der Waals surface area contributed by atoms with Gasteiger partial charge in [0.05, 0.1) is 17.0 Å². The van der Waals surface area contributed by atoms with Crippen molar-refractivity contribution in [2.45, 2.75) is 18.9 Å². The number of carbonyl (C=O) groups is 2. The molecule has 1 aromatic carbocycles. The average Bonchev–Trinajstić information content (AvgIpc) is 3.07. The van der Waals surface area contributed by atoms with Gasteiger partial charge in [-0.1, -0.05) is 12.1 Å². The molecule has 2 fully saturated rings. The van der Waals surface area contributed by atoms with Gasteiger partial charge in [-0.2, -0.15) is 0 Å². The van der Waals surface area contributed by atoms with E-state index in [1.807, 2.05) is 30.5 Å². The van der Waals surface area contributed by atoms with Crippen molar-refractivity contribution in [3.8, 4) is 0 Å². The molecule has 0 unspecified atom stereocenters. The summed E-state index contributed by atoms with van der Waals surface area (Å²) in [6, 6.07) is 7.26. The standard InChI is InChI=1S/C17H19N3O2S/c21-16(19-8-11-4-5-11)14-9-23-10-20(14)17(22)13-3-1-2-12-6-7-18-15(12)13/h1-3,6-7,11,14,18H,4-5,8-10H2,(H,19,21)/t14-/m1/s1. The zero-order valence-corrected chi connectivity index (χ0v) is 13.6. The van der Waals surface area contributed by atoms with Crippen LogP contribution in [0.1, 0.15) is 23.2 Å². The van der Waals surface area contributed by atoms with Crippen molar-refractivity contribution in [2.75, 3.05) is 18.2 Å². The smallest absolute Gasteiger partial charge is 0.257 e. The molecule has 2 aromatic rings. The number of para-hydroxylation sites is 1. The fraction of sp³-hybridized carbons (Fsp3) is 0.412. The number of nitrogens with one attached hydrogen (secondary N) is 2. The number of aromatic amines is 1. The summed E-state index contributed by atoms with van der Waals surface area (Å²) < 4.78 is 0. The predicted molar refractivity (Wildman–Crippen MR) is 91.3 cm³/mol. The minimum absolute atomic E-state index is 0.0195. The van der Waals surface area contributed by atoms with Gasteiger partial charge in [-0.3, -0.25) is 9.59 Å². The fourth-order valence-corrected chi connectivity index (χ4v) is 4.12. The van der Waals surface area contributed by atoms with Crippen LogP contribution in [0.5, 0.6) is 0 Å². The van der Waals surface area contributed by atoms with Gasteiger partial charge >= 0.3 is 0 Å². The molecule has 0 bridgehead atoms. The molecule has 1 aromatic heterocycles. The number of nitrogens with zero attached hydrogens (tertiary/aromatic N) is 1. The zero-order valence-electron chi connectivity index (χ0n) is 12.7. The van der Waals surface area contributed by atoms with Crippen LogP contribution in [0, 0.1) is 5.92 Å². The topological polar surface area (TPSA) is 65.2 Å². The van der Waals surface area contributed by atoms with Crippen LogP contribution in [0.2, 0.25) is 0 Å². The van der Waals surface area contributed by atoms with Gasteiger partial charge in [0.25, 0.3) is 5.91 Å². The number of benzene rings is 1. The minimum Gasteiger partial charge on any atom is -0.361 e. The summed E-state index contributed by atoms with van der Waals surface area (Å²) in [6.07, 6.45) is 4.24. The van der Waals surface area contributed by atoms with Gasteiger partial charge in [0.2, 0.25) is 5.91 Å². The van der Waals surface area contributed by atoms with E-state index in [9.17, 15) is 9.59 Å². The van der Waals surface area contributed by atoms with Crippen molar-refractivity contribution in [3.05, 3.63) is 36.0 Å². The van der Waals surface area contributed by atoms with Crippen molar-refractivity contribution >= 4 is 34.5 Å². The molecule has 2 aliphatic rings. The van der Waals surface area contributed by atoms with E-state index in [1.54, 1.807) is 16.7 Å². The van der Waals surface area contributed by atoms with E-state index in [1.165, 1.54) is 12.8 Å². The lowest BCUT2D eigenvalue weighted by molar-refractivity contribution is -0.124. The molecule has 1 saturated heterocycles. The molecule has 2 amide bonds. The number of hydrogen-bond acceptors (Lipinski definition) is 3.